The van der Waals surface area contributed by atoms with E-state index in [0.717, 1.165) is 28.3 Å². The summed E-state index contributed by atoms with van der Waals surface area (Å²) >= 11 is 0. The third-order valence-electron chi connectivity index (χ3n) is 4.54. The molecule has 2 unspecified atom stereocenters. The summed E-state index contributed by atoms with van der Waals surface area (Å²) < 4.78 is 41.5. The van der Waals surface area contributed by atoms with Crippen molar-refractivity contribution in [3.63, 3.8) is 0 Å². The zero-order valence-electron chi connectivity index (χ0n) is 13.5. The van der Waals surface area contributed by atoms with Gasteiger partial charge in [0.2, 0.25) is 11.5 Å². The van der Waals surface area contributed by atoms with E-state index in [-0.39, 0.29) is 6.04 Å². The smallest absolute Gasteiger partial charge is 0.374 e. The minimum atomic E-state index is -5.03. The molecule has 0 saturated carbocycles. The van der Waals surface area contributed by atoms with Gasteiger partial charge in [-0.3, -0.25) is 4.79 Å². The fourth-order valence-electron chi connectivity index (χ4n) is 3.25. The largest absolute Gasteiger partial charge is 0.425 e. The van der Waals surface area contributed by atoms with Crippen molar-refractivity contribution in [1.82, 2.24) is 14.9 Å². The molecule has 3 rings (SSSR count). The molecule has 0 spiro atoms. The van der Waals surface area contributed by atoms with Gasteiger partial charge in [-0.15, -0.1) is 0 Å². The number of hydrogen-bond donors (Lipinski definition) is 2. The zero-order valence-corrected chi connectivity index (χ0v) is 13.5. The Kier molecular flexibility index (Phi) is 4.32. The number of hydrogen-bond acceptors (Lipinski definition) is 3. The van der Waals surface area contributed by atoms with Crippen LogP contribution in [0, 0.1) is 0 Å². The highest BCUT2D eigenvalue weighted by atomic mass is 19.4. The lowest BCUT2D eigenvalue weighted by molar-refractivity contribution is -0.271. The number of imidazole rings is 1. The van der Waals surface area contributed by atoms with Crippen molar-refractivity contribution in [1.29, 1.82) is 0 Å². The summed E-state index contributed by atoms with van der Waals surface area (Å²) in [5.41, 5.74) is -1.36. The minimum absolute atomic E-state index is 0.345. The van der Waals surface area contributed by atoms with E-state index in [0.29, 0.717) is 6.42 Å². The third kappa shape index (κ3) is 3.13. The van der Waals surface area contributed by atoms with Crippen LogP contribution in [0.1, 0.15) is 35.8 Å². The molecule has 5 nitrogen and oxygen atoms in total. The van der Waals surface area contributed by atoms with Crippen molar-refractivity contribution >= 4 is 5.91 Å². The number of aromatic nitrogens is 2. The number of alkyl halides is 3. The molecule has 25 heavy (non-hydrogen) atoms. The Morgan fingerprint density at radius 1 is 1.40 bits per heavy atom. The zero-order chi connectivity index (χ0) is 18.2. The molecular weight excluding hydrogens is 335 g/mol. The second-order valence-corrected chi connectivity index (χ2v) is 6.25. The van der Waals surface area contributed by atoms with Crippen LogP contribution >= 0.6 is 0 Å². The highest BCUT2D eigenvalue weighted by Gasteiger charge is 2.58. The van der Waals surface area contributed by atoms with Crippen LogP contribution in [0.3, 0.4) is 0 Å². The molecule has 8 heteroatoms. The Bertz CT molecular complexity index is 787. The van der Waals surface area contributed by atoms with E-state index in [9.17, 15) is 23.1 Å². The van der Waals surface area contributed by atoms with Crippen LogP contribution in [0.2, 0.25) is 0 Å². The van der Waals surface area contributed by atoms with Crippen LogP contribution in [-0.2, 0) is 23.9 Å². The van der Waals surface area contributed by atoms with E-state index in [2.05, 4.69) is 10.3 Å². The fourth-order valence-corrected chi connectivity index (χ4v) is 3.25. The van der Waals surface area contributed by atoms with Gasteiger partial charge in [0.1, 0.15) is 0 Å². The van der Waals surface area contributed by atoms with Crippen molar-refractivity contribution in [3.8, 4) is 0 Å². The highest BCUT2D eigenvalue weighted by Crippen LogP contribution is 2.41. The molecule has 0 bridgehead atoms. The molecule has 134 valence electrons. The van der Waals surface area contributed by atoms with Crippen molar-refractivity contribution in [2.45, 2.75) is 37.1 Å². The number of nitrogens with zero attached hydrogens (tertiary/aromatic N) is 2. The van der Waals surface area contributed by atoms with E-state index in [1.807, 2.05) is 24.3 Å². The highest BCUT2D eigenvalue weighted by molar-refractivity contribution is 5.78. The fraction of sp³-hybridized carbons (Fsp3) is 0.412. The maximum atomic E-state index is 13.5. The van der Waals surface area contributed by atoms with Gasteiger partial charge < -0.3 is 15.0 Å². The van der Waals surface area contributed by atoms with Crippen molar-refractivity contribution in [2.75, 3.05) is 0 Å². The first-order valence-electron chi connectivity index (χ1n) is 7.86. The first-order chi connectivity index (χ1) is 11.7. The average molecular weight is 353 g/mol. The van der Waals surface area contributed by atoms with Gasteiger partial charge in [0, 0.05) is 19.4 Å². The molecule has 1 amide bonds. The Morgan fingerprint density at radius 3 is 2.76 bits per heavy atom. The van der Waals surface area contributed by atoms with Crippen LogP contribution in [0.4, 0.5) is 13.2 Å². The van der Waals surface area contributed by atoms with Gasteiger partial charge in [0.05, 0.1) is 12.5 Å². The SMILES string of the molecule is Cn1ccnc1C(O)(CC(=O)NC1CCc2ccccc21)C(F)(F)F. The Morgan fingerprint density at radius 2 is 2.12 bits per heavy atom. The molecule has 1 aliphatic rings. The van der Waals surface area contributed by atoms with Gasteiger partial charge in [-0.1, -0.05) is 24.3 Å². The topological polar surface area (TPSA) is 67.1 Å². The molecule has 2 N–H and O–H groups in total. The monoisotopic (exact) mass is 353 g/mol. The van der Waals surface area contributed by atoms with Gasteiger partial charge >= 0.3 is 6.18 Å². The molecule has 2 aromatic rings. The molecule has 0 saturated heterocycles. The number of aryl methyl sites for hydroxylation is 2. The number of amides is 1. The predicted octanol–water partition coefficient (Wildman–Crippen LogP) is 2.36. The second-order valence-electron chi connectivity index (χ2n) is 6.25. The molecule has 0 radical (unpaired) electrons. The Labute approximate surface area is 142 Å². The van der Waals surface area contributed by atoms with E-state index < -0.39 is 29.9 Å². The quantitative estimate of drug-likeness (QED) is 0.887. The van der Waals surface area contributed by atoms with Crippen molar-refractivity contribution in [3.05, 3.63) is 53.6 Å². The summed E-state index contributed by atoms with van der Waals surface area (Å²) in [6, 6.07) is 7.14. The molecule has 1 aromatic carbocycles. The van der Waals surface area contributed by atoms with Gasteiger partial charge in [0.25, 0.3) is 0 Å². The minimum Gasteiger partial charge on any atom is -0.374 e. The van der Waals surface area contributed by atoms with E-state index in [1.165, 1.54) is 13.2 Å². The maximum Gasteiger partial charge on any atom is 0.425 e. The molecular formula is C17H18F3N3O2. The summed E-state index contributed by atoms with van der Waals surface area (Å²) in [6.45, 7) is 0. The Hall–Kier alpha value is -2.35. The first kappa shape index (κ1) is 17.5. The van der Waals surface area contributed by atoms with Crippen LogP contribution in [0.15, 0.2) is 36.7 Å². The first-order valence-corrected chi connectivity index (χ1v) is 7.86. The van der Waals surface area contributed by atoms with Gasteiger partial charge in [0.15, 0.2) is 5.82 Å². The molecule has 2 atom stereocenters. The number of fused-ring (bicyclic) bond motifs is 1. The standard InChI is InChI=1S/C17H18F3N3O2/c1-23-9-8-21-15(23)16(25,17(18,19)20)10-14(24)22-13-7-6-11-4-2-3-5-12(11)13/h2-5,8-9,13,25H,6-7,10H2,1H3,(H,22,24). The number of carbonyl (C=O) groups excluding carboxylic acids is 1. The van der Waals surface area contributed by atoms with Crippen molar-refractivity contribution < 1.29 is 23.1 Å². The number of rotatable bonds is 4. The summed E-state index contributed by atoms with van der Waals surface area (Å²) in [5, 5.41) is 12.9. The number of aliphatic hydroxyl groups is 1. The van der Waals surface area contributed by atoms with Gasteiger partial charge in [-0.2, -0.15) is 13.2 Å². The van der Waals surface area contributed by atoms with Crippen LogP contribution in [-0.4, -0.2) is 26.7 Å². The van der Waals surface area contributed by atoms with E-state index in [1.54, 1.807) is 0 Å². The lowest BCUT2D eigenvalue weighted by atomic mass is 9.96. The van der Waals surface area contributed by atoms with Crippen LogP contribution in [0.25, 0.3) is 0 Å². The van der Waals surface area contributed by atoms with Crippen LogP contribution < -0.4 is 5.32 Å². The van der Waals surface area contributed by atoms with Gasteiger partial charge in [-0.05, 0) is 24.0 Å². The molecule has 1 aliphatic carbocycles. The van der Waals surface area contributed by atoms with E-state index in [4.69, 9.17) is 0 Å². The van der Waals surface area contributed by atoms with Gasteiger partial charge in [-0.25, -0.2) is 4.98 Å². The molecule has 1 aromatic heterocycles. The van der Waals surface area contributed by atoms with Crippen LogP contribution in [0.5, 0.6) is 0 Å². The normalized spacial score (nSPS) is 19.3. The predicted molar refractivity (Wildman–Crippen MR) is 83.4 cm³/mol. The third-order valence-corrected chi connectivity index (χ3v) is 4.54. The number of benzene rings is 1. The lowest BCUT2D eigenvalue weighted by Crippen LogP contribution is -2.48. The summed E-state index contributed by atoms with van der Waals surface area (Å²) in [5.74, 6) is -1.48. The number of halogens is 3. The number of nitrogens with one attached hydrogen (secondary N) is 1. The Balaban J connectivity index is 1.80. The number of carbonyl (C=O) groups is 1. The summed E-state index contributed by atoms with van der Waals surface area (Å²) in [6.07, 6.45) is -2.35. The second kappa shape index (κ2) is 6.18. The molecule has 0 aliphatic heterocycles. The molecule has 1 heterocycles. The average Bonchev–Trinajstić information content (AvgIpc) is 3.13. The van der Waals surface area contributed by atoms with E-state index >= 15 is 0 Å². The summed E-state index contributed by atoms with van der Waals surface area (Å²) in [4.78, 5) is 15.9. The lowest BCUT2D eigenvalue weighted by Gasteiger charge is -2.29. The maximum absolute atomic E-state index is 13.5. The summed E-state index contributed by atoms with van der Waals surface area (Å²) in [7, 11) is 1.34. The van der Waals surface area contributed by atoms with Crippen molar-refractivity contribution in [2.24, 2.45) is 7.05 Å². The molecule has 0 fully saturated rings.